The number of ketones is 2. The highest BCUT2D eigenvalue weighted by Gasteiger charge is 2.81. The van der Waals surface area contributed by atoms with Crippen molar-refractivity contribution < 1.29 is 9.59 Å². The summed E-state index contributed by atoms with van der Waals surface area (Å²) in [6.45, 7) is 9.04. The second kappa shape index (κ2) is 3.91. The van der Waals surface area contributed by atoms with Crippen molar-refractivity contribution >= 4 is 11.6 Å². The fourth-order valence-electron chi connectivity index (χ4n) is 8.34. The van der Waals surface area contributed by atoms with Crippen LogP contribution in [0.15, 0.2) is 12.2 Å². The molecule has 5 rings (SSSR count). The van der Waals surface area contributed by atoms with Crippen LogP contribution < -0.4 is 0 Å². The van der Waals surface area contributed by atoms with Gasteiger partial charge in [-0.3, -0.25) is 9.59 Å². The number of hydrogen-bond acceptors (Lipinski definition) is 2. The fraction of sp³-hybridized carbons (Fsp3) is 0.818. The Morgan fingerprint density at radius 1 is 0.958 bits per heavy atom. The van der Waals surface area contributed by atoms with Gasteiger partial charge in [0.2, 0.25) is 0 Å². The molecule has 2 nitrogen and oxygen atoms in total. The fourth-order valence-corrected chi connectivity index (χ4v) is 8.34. The molecule has 2 spiro atoms. The van der Waals surface area contributed by atoms with Crippen molar-refractivity contribution in [1.29, 1.82) is 0 Å². The van der Waals surface area contributed by atoms with E-state index < -0.39 is 0 Å². The average molecular weight is 326 g/mol. The molecule has 0 unspecified atom stereocenters. The minimum atomic E-state index is -0.212. The zero-order valence-corrected chi connectivity index (χ0v) is 15.6. The Balaban J connectivity index is 1.62. The molecule has 0 aromatic carbocycles. The number of carbonyl (C=O) groups excluding carboxylic acids is 2. The van der Waals surface area contributed by atoms with E-state index in [1.54, 1.807) is 0 Å². The molecule has 2 heteroatoms. The summed E-state index contributed by atoms with van der Waals surface area (Å²) >= 11 is 0. The van der Waals surface area contributed by atoms with Crippen LogP contribution in [-0.4, -0.2) is 11.6 Å². The summed E-state index contributed by atoms with van der Waals surface area (Å²) in [6, 6.07) is 0. The quantitative estimate of drug-likeness (QED) is 0.645. The number of Topliss-reactive ketones (excluding diaryl/α,β-unsaturated/α-hetero) is 1. The zero-order valence-electron chi connectivity index (χ0n) is 15.6. The number of carbonyl (C=O) groups is 2. The first-order chi connectivity index (χ1) is 11.1. The highest BCUT2D eigenvalue weighted by molar-refractivity contribution is 5.96. The highest BCUT2D eigenvalue weighted by Crippen LogP contribution is 2.87. The van der Waals surface area contributed by atoms with Crippen molar-refractivity contribution in [2.24, 2.45) is 38.9 Å². The molecule has 4 saturated carbocycles. The van der Waals surface area contributed by atoms with Gasteiger partial charge in [-0.2, -0.15) is 0 Å². The molecular weight excluding hydrogens is 296 g/mol. The molecule has 0 saturated heterocycles. The van der Waals surface area contributed by atoms with E-state index in [1.807, 2.05) is 6.08 Å². The first kappa shape index (κ1) is 15.3. The van der Waals surface area contributed by atoms with E-state index in [1.165, 1.54) is 19.3 Å². The Labute approximate surface area is 145 Å². The lowest BCUT2D eigenvalue weighted by atomic mass is 9.44. The normalized spacial score (nSPS) is 57.0. The lowest BCUT2D eigenvalue weighted by Gasteiger charge is -2.59. The molecule has 0 amide bonds. The van der Waals surface area contributed by atoms with Crippen molar-refractivity contribution in [3.63, 3.8) is 0 Å². The van der Waals surface area contributed by atoms with Gasteiger partial charge in [-0.25, -0.2) is 0 Å². The van der Waals surface area contributed by atoms with Gasteiger partial charge in [0.15, 0.2) is 5.78 Å². The third-order valence-electron chi connectivity index (χ3n) is 10.1. The molecular formula is C22H30O2. The van der Waals surface area contributed by atoms with Crippen molar-refractivity contribution in [2.45, 2.75) is 72.6 Å². The number of rotatable bonds is 0. The molecule has 5 aliphatic rings. The van der Waals surface area contributed by atoms with Gasteiger partial charge in [0.05, 0.1) is 0 Å². The molecule has 6 atom stereocenters. The molecule has 0 aliphatic heterocycles. The Hall–Kier alpha value is -0.920. The molecule has 0 bridgehead atoms. The lowest BCUT2D eigenvalue weighted by Crippen LogP contribution is -2.56. The lowest BCUT2D eigenvalue weighted by molar-refractivity contribution is -0.147. The molecule has 5 aliphatic carbocycles. The third kappa shape index (κ3) is 1.29. The Morgan fingerprint density at radius 3 is 2.42 bits per heavy atom. The number of allylic oxidation sites excluding steroid dienone is 2. The van der Waals surface area contributed by atoms with E-state index in [2.05, 4.69) is 33.8 Å². The molecule has 0 radical (unpaired) electrons. The van der Waals surface area contributed by atoms with Gasteiger partial charge >= 0.3 is 0 Å². The first-order valence-electron chi connectivity index (χ1n) is 9.91. The molecule has 24 heavy (non-hydrogen) atoms. The van der Waals surface area contributed by atoms with Gasteiger partial charge in [0, 0.05) is 17.3 Å². The summed E-state index contributed by atoms with van der Waals surface area (Å²) in [5.41, 5.74) is 0.502. The molecule has 130 valence electrons. The van der Waals surface area contributed by atoms with Gasteiger partial charge in [-0.15, -0.1) is 0 Å². The Kier molecular flexibility index (Phi) is 2.50. The summed E-state index contributed by atoms with van der Waals surface area (Å²) in [5, 5.41) is 0. The van der Waals surface area contributed by atoms with Gasteiger partial charge in [0.25, 0.3) is 0 Å². The van der Waals surface area contributed by atoms with Crippen LogP contribution >= 0.6 is 0 Å². The number of fused-ring (bicyclic) bond motifs is 2. The summed E-state index contributed by atoms with van der Waals surface area (Å²) in [5.74, 6) is 2.01. The van der Waals surface area contributed by atoms with Crippen LogP contribution in [0.2, 0.25) is 0 Å². The van der Waals surface area contributed by atoms with E-state index in [-0.39, 0.29) is 21.7 Å². The van der Waals surface area contributed by atoms with Crippen LogP contribution in [0.4, 0.5) is 0 Å². The van der Waals surface area contributed by atoms with Gasteiger partial charge in [0.1, 0.15) is 5.78 Å². The smallest absolute Gasteiger partial charge is 0.161 e. The van der Waals surface area contributed by atoms with Crippen LogP contribution in [0.5, 0.6) is 0 Å². The van der Waals surface area contributed by atoms with Crippen LogP contribution in [0.25, 0.3) is 0 Å². The van der Waals surface area contributed by atoms with E-state index in [9.17, 15) is 9.59 Å². The molecule has 4 fully saturated rings. The Morgan fingerprint density at radius 2 is 1.67 bits per heavy atom. The second-order valence-corrected chi connectivity index (χ2v) is 10.6. The first-order valence-corrected chi connectivity index (χ1v) is 9.91. The van der Waals surface area contributed by atoms with E-state index in [4.69, 9.17) is 0 Å². The predicted octanol–water partition coefficient (Wildman–Crippen LogP) is 4.72. The van der Waals surface area contributed by atoms with E-state index in [0.29, 0.717) is 28.8 Å². The van der Waals surface area contributed by atoms with Crippen molar-refractivity contribution in [2.75, 3.05) is 0 Å². The summed E-state index contributed by atoms with van der Waals surface area (Å²) in [7, 11) is 0. The molecule has 0 aromatic rings. The van der Waals surface area contributed by atoms with Crippen LogP contribution in [0.1, 0.15) is 72.6 Å². The van der Waals surface area contributed by atoms with Crippen molar-refractivity contribution in [1.82, 2.24) is 0 Å². The average Bonchev–Trinajstić information content (AvgIpc) is 3.14. The maximum atomic E-state index is 12.7. The molecule has 0 N–H and O–H groups in total. The summed E-state index contributed by atoms with van der Waals surface area (Å²) < 4.78 is 0. The standard InChI is InChI=1S/C22H30O2/c1-18(2)14-5-6-15-19(3)9-7-17(24)20(19,4)11-12-22(15)13-21(14,22)10-8-16(18)23/h8,10,14-15H,5-7,9,11-13H2,1-4H3/t14-,15-,19-,20+,21+,22-/m0/s1. The van der Waals surface area contributed by atoms with Crippen molar-refractivity contribution in [3.05, 3.63) is 12.2 Å². The zero-order chi connectivity index (χ0) is 17.2. The maximum Gasteiger partial charge on any atom is 0.161 e. The second-order valence-electron chi connectivity index (χ2n) is 10.6. The van der Waals surface area contributed by atoms with E-state index in [0.717, 1.165) is 25.7 Å². The maximum absolute atomic E-state index is 12.7. The summed E-state index contributed by atoms with van der Waals surface area (Å²) in [6.07, 6.45) is 12.0. The van der Waals surface area contributed by atoms with Crippen LogP contribution in [0.3, 0.4) is 0 Å². The minimum absolute atomic E-state index is 0.0940. The predicted molar refractivity (Wildman–Crippen MR) is 93.3 cm³/mol. The Bertz CT molecular complexity index is 703. The summed E-state index contributed by atoms with van der Waals surface area (Å²) in [4.78, 5) is 25.2. The van der Waals surface area contributed by atoms with Gasteiger partial charge < -0.3 is 0 Å². The van der Waals surface area contributed by atoms with Crippen molar-refractivity contribution in [3.8, 4) is 0 Å². The minimum Gasteiger partial charge on any atom is -0.299 e. The highest BCUT2D eigenvalue weighted by atomic mass is 16.1. The van der Waals surface area contributed by atoms with Gasteiger partial charge in [-0.1, -0.05) is 33.8 Å². The third-order valence-corrected chi connectivity index (χ3v) is 10.1. The largest absolute Gasteiger partial charge is 0.299 e. The van der Waals surface area contributed by atoms with Gasteiger partial charge in [-0.05, 0) is 72.7 Å². The molecule has 0 heterocycles. The molecule has 0 aromatic heterocycles. The number of hydrogen-bond donors (Lipinski definition) is 0. The van der Waals surface area contributed by atoms with E-state index >= 15 is 0 Å². The monoisotopic (exact) mass is 326 g/mol. The SMILES string of the molecule is CC1(C)C(=O)C=C[C@]23C[C@]24CC[C@]2(C)C(=O)CC[C@@]2(C)[C@@H]4CC[C@@H]13. The van der Waals surface area contributed by atoms with Crippen LogP contribution in [0, 0.1) is 38.9 Å². The topological polar surface area (TPSA) is 34.1 Å². The van der Waals surface area contributed by atoms with Crippen LogP contribution in [-0.2, 0) is 9.59 Å².